The topological polar surface area (TPSA) is 43.4 Å². The van der Waals surface area contributed by atoms with Crippen molar-refractivity contribution in [3.8, 4) is 0 Å². The van der Waals surface area contributed by atoms with Gasteiger partial charge in [0, 0.05) is 12.8 Å². The summed E-state index contributed by atoms with van der Waals surface area (Å²) in [4.78, 5) is 22.2. The lowest BCUT2D eigenvalue weighted by atomic mass is 9.84. The van der Waals surface area contributed by atoms with Gasteiger partial charge >= 0.3 is 5.97 Å². The molecule has 0 N–H and O–H groups in total. The highest BCUT2D eigenvalue weighted by Gasteiger charge is 2.34. The van der Waals surface area contributed by atoms with Crippen LogP contribution in [0, 0.1) is 5.92 Å². The van der Waals surface area contributed by atoms with Crippen LogP contribution in [0.2, 0.25) is 0 Å². The molecule has 1 saturated heterocycles. The van der Waals surface area contributed by atoms with Crippen molar-refractivity contribution in [3.63, 3.8) is 0 Å². The van der Waals surface area contributed by atoms with E-state index in [1.54, 1.807) is 0 Å². The van der Waals surface area contributed by atoms with Crippen LogP contribution in [-0.4, -0.2) is 17.9 Å². The third kappa shape index (κ3) is 1.36. The zero-order valence-electron chi connectivity index (χ0n) is 6.91. The summed E-state index contributed by atoms with van der Waals surface area (Å²) in [6.07, 6.45) is 3.31. The van der Waals surface area contributed by atoms with Gasteiger partial charge in [-0.1, -0.05) is 0 Å². The zero-order chi connectivity index (χ0) is 8.55. The Morgan fingerprint density at radius 1 is 1.17 bits per heavy atom. The molecule has 0 radical (unpaired) electrons. The highest BCUT2D eigenvalue weighted by molar-refractivity contribution is 5.86. The number of fused-ring (bicyclic) bond motifs is 2. The first kappa shape index (κ1) is 7.77. The van der Waals surface area contributed by atoms with E-state index >= 15 is 0 Å². The number of rotatable bonds is 0. The van der Waals surface area contributed by atoms with Gasteiger partial charge in [0.25, 0.3) is 0 Å². The van der Waals surface area contributed by atoms with Gasteiger partial charge in [0.15, 0.2) is 11.9 Å². The van der Waals surface area contributed by atoms with Crippen LogP contribution >= 0.6 is 0 Å². The molecule has 66 valence electrons. The van der Waals surface area contributed by atoms with Crippen LogP contribution in [0.15, 0.2) is 0 Å². The molecule has 0 aromatic carbocycles. The molecule has 2 rings (SSSR count). The van der Waals surface area contributed by atoms with Gasteiger partial charge in [0.05, 0.1) is 0 Å². The highest BCUT2D eigenvalue weighted by Crippen LogP contribution is 2.30. The van der Waals surface area contributed by atoms with Gasteiger partial charge in [-0.2, -0.15) is 0 Å². The van der Waals surface area contributed by atoms with E-state index in [2.05, 4.69) is 0 Å². The third-order valence-electron chi connectivity index (χ3n) is 2.74. The standard InChI is InChI=1S/C9H12O3/c10-7-3-1-6-2-4-9(11)12-8(7)5-6/h6,8H,1-5H2/t6-,8+/m1/s1. The first-order valence-electron chi connectivity index (χ1n) is 4.48. The van der Waals surface area contributed by atoms with Crippen LogP contribution in [0.4, 0.5) is 0 Å². The fourth-order valence-electron chi connectivity index (χ4n) is 1.98. The Balaban J connectivity index is 2.13. The summed E-state index contributed by atoms with van der Waals surface area (Å²) in [5.41, 5.74) is 0. The van der Waals surface area contributed by atoms with Gasteiger partial charge in [-0.3, -0.25) is 9.59 Å². The Labute approximate surface area is 71.1 Å². The maximum Gasteiger partial charge on any atom is 0.306 e. The normalized spacial score (nSPS) is 35.7. The number of hydrogen-bond donors (Lipinski definition) is 0. The number of ketones is 1. The van der Waals surface area contributed by atoms with E-state index in [9.17, 15) is 9.59 Å². The number of ether oxygens (including phenoxy) is 1. The first-order valence-corrected chi connectivity index (χ1v) is 4.48. The van der Waals surface area contributed by atoms with Crippen molar-refractivity contribution in [1.82, 2.24) is 0 Å². The number of esters is 1. The minimum atomic E-state index is -0.404. The van der Waals surface area contributed by atoms with E-state index in [-0.39, 0.29) is 11.8 Å². The van der Waals surface area contributed by atoms with E-state index in [1.165, 1.54) is 0 Å². The first-order chi connectivity index (χ1) is 5.75. The summed E-state index contributed by atoms with van der Waals surface area (Å²) in [5, 5.41) is 0. The Hall–Kier alpha value is -0.860. The van der Waals surface area contributed by atoms with Crippen LogP contribution in [0.5, 0.6) is 0 Å². The predicted octanol–water partition coefficient (Wildman–Crippen LogP) is 1.06. The summed E-state index contributed by atoms with van der Waals surface area (Å²) in [6.45, 7) is 0. The van der Waals surface area contributed by atoms with Crippen molar-refractivity contribution in [3.05, 3.63) is 0 Å². The summed E-state index contributed by atoms with van der Waals surface area (Å²) < 4.78 is 5.01. The van der Waals surface area contributed by atoms with E-state index in [0.29, 0.717) is 18.8 Å². The van der Waals surface area contributed by atoms with Crippen LogP contribution in [0.1, 0.15) is 32.1 Å². The van der Waals surface area contributed by atoms with Gasteiger partial charge in [-0.05, 0) is 25.2 Å². The fourth-order valence-corrected chi connectivity index (χ4v) is 1.98. The van der Waals surface area contributed by atoms with Crippen molar-refractivity contribution < 1.29 is 14.3 Å². The van der Waals surface area contributed by atoms with Crippen molar-refractivity contribution in [2.45, 2.75) is 38.2 Å². The lowest BCUT2D eigenvalue weighted by molar-refractivity contribution is -0.155. The van der Waals surface area contributed by atoms with Crippen LogP contribution in [-0.2, 0) is 14.3 Å². The molecule has 2 aliphatic rings. The van der Waals surface area contributed by atoms with Crippen molar-refractivity contribution in [2.75, 3.05) is 0 Å². The SMILES string of the molecule is O=C1CC[C@H]2CCC(=O)[C@H](C2)O1. The number of carbonyl (C=O) groups excluding carboxylic acids is 2. The molecule has 1 heterocycles. The molecule has 0 spiro atoms. The minimum Gasteiger partial charge on any atom is -0.454 e. The summed E-state index contributed by atoms with van der Waals surface area (Å²) in [7, 11) is 0. The maximum absolute atomic E-state index is 11.2. The van der Waals surface area contributed by atoms with E-state index < -0.39 is 6.10 Å². The molecule has 12 heavy (non-hydrogen) atoms. The molecule has 1 aliphatic heterocycles. The van der Waals surface area contributed by atoms with E-state index in [4.69, 9.17) is 4.74 Å². The summed E-state index contributed by atoms with van der Waals surface area (Å²) >= 11 is 0. The molecule has 2 atom stereocenters. The highest BCUT2D eigenvalue weighted by atomic mass is 16.5. The third-order valence-corrected chi connectivity index (χ3v) is 2.74. The number of Topliss-reactive ketones (excluding diaryl/α,β-unsaturated/α-hetero) is 1. The zero-order valence-corrected chi connectivity index (χ0v) is 6.91. The van der Waals surface area contributed by atoms with Gasteiger partial charge in [0.2, 0.25) is 0 Å². The molecule has 0 unspecified atom stereocenters. The molecular weight excluding hydrogens is 156 g/mol. The second-order valence-corrected chi connectivity index (χ2v) is 3.62. The van der Waals surface area contributed by atoms with Crippen molar-refractivity contribution >= 4 is 11.8 Å². The lowest BCUT2D eigenvalue weighted by Gasteiger charge is -2.23. The molecular formula is C9H12O3. The molecule has 0 aromatic heterocycles. The Morgan fingerprint density at radius 3 is 2.75 bits per heavy atom. The Bertz CT molecular complexity index is 222. The smallest absolute Gasteiger partial charge is 0.306 e. The molecule has 1 aliphatic carbocycles. The number of hydrogen-bond acceptors (Lipinski definition) is 3. The molecule has 0 aromatic rings. The number of carbonyl (C=O) groups is 2. The van der Waals surface area contributed by atoms with Crippen LogP contribution in [0.25, 0.3) is 0 Å². The lowest BCUT2D eigenvalue weighted by Crippen LogP contribution is -2.31. The van der Waals surface area contributed by atoms with Crippen LogP contribution < -0.4 is 0 Å². The van der Waals surface area contributed by atoms with E-state index in [1.807, 2.05) is 0 Å². The van der Waals surface area contributed by atoms with Crippen molar-refractivity contribution in [1.29, 1.82) is 0 Å². The molecule has 2 bridgehead atoms. The molecule has 2 fully saturated rings. The molecule has 3 heteroatoms. The van der Waals surface area contributed by atoms with Gasteiger partial charge in [0.1, 0.15) is 0 Å². The molecule has 3 nitrogen and oxygen atoms in total. The van der Waals surface area contributed by atoms with Gasteiger partial charge in [-0.15, -0.1) is 0 Å². The summed E-state index contributed by atoms with van der Waals surface area (Å²) in [6, 6.07) is 0. The van der Waals surface area contributed by atoms with E-state index in [0.717, 1.165) is 19.3 Å². The Morgan fingerprint density at radius 2 is 1.92 bits per heavy atom. The largest absolute Gasteiger partial charge is 0.454 e. The van der Waals surface area contributed by atoms with Crippen LogP contribution in [0.3, 0.4) is 0 Å². The monoisotopic (exact) mass is 168 g/mol. The predicted molar refractivity (Wildman–Crippen MR) is 41.5 cm³/mol. The fraction of sp³-hybridized carbons (Fsp3) is 0.778. The second kappa shape index (κ2) is 2.88. The minimum absolute atomic E-state index is 0.113. The molecule has 1 saturated carbocycles. The second-order valence-electron chi connectivity index (χ2n) is 3.62. The maximum atomic E-state index is 11.2. The molecule has 0 amide bonds. The average molecular weight is 168 g/mol. The average Bonchev–Trinajstić information content (AvgIpc) is 2.20. The van der Waals surface area contributed by atoms with Gasteiger partial charge in [-0.25, -0.2) is 0 Å². The Kier molecular flexibility index (Phi) is 1.87. The van der Waals surface area contributed by atoms with Crippen molar-refractivity contribution in [2.24, 2.45) is 5.92 Å². The quantitative estimate of drug-likeness (QED) is 0.508. The summed E-state index contributed by atoms with van der Waals surface area (Å²) in [5.74, 6) is 0.457. The van der Waals surface area contributed by atoms with Gasteiger partial charge < -0.3 is 4.74 Å².